The molecule has 0 amide bonds. The van der Waals surface area contributed by atoms with Crippen LogP contribution >= 0.6 is 11.8 Å². The quantitative estimate of drug-likeness (QED) is 0.826. The minimum absolute atomic E-state index is 0.0788. The van der Waals surface area contributed by atoms with E-state index in [9.17, 15) is 0 Å². The van der Waals surface area contributed by atoms with Gasteiger partial charge in [0.1, 0.15) is 0 Å². The summed E-state index contributed by atoms with van der Waals surface area (Å²) in [6.07, 6.45) is 8.61. The van der Waals surface area contributed by atoms with Gasteiger partial charge in [0.05, 0.1) is 12.0 Å². The van der Waals surface area contributed by atoms with Crippen molar-refractivity contribution in [1.82, 2.24) is 9.55 Å². The van der Waals surface area contributed by atoms with E-state index in [1.807, 2.05) is 31.2 Å². The van der Waals surface area contributed by atoms with Crippen molar-refractivity contribution in [3.8, 4) is 0 Å². The van der Waals surface area contributed by atoms with Gasteiger partial charge in [-0.1, -0.05) is 0 Å². The molecule has 1 atom stereocenters. The van der Waals surface area contributed by atoms with Crippen LogP contribution in [0.1, 0.15) is 31.5 Å². The summed E-state index contributed by atoms with van der Waals surface area (Å²) >= 11 is 1.97. The highest BCUT2D eigenvalue weighted by molar-refractivity contribution is 8.00. The van der Waals surface area contributed by atoms with Crippen LogP contribution in [0, 0.1) is 0 Å². The fraction of sp³-hybridized carbons (Fsp3) is 0.700. The molecular weight excluding hydrogens is 194 g/mol. The van der Waals surface area contributed by atoms with Gasteiger partial charge >= 0.3 is 0 Å². The van der Waals surface area contributed by atoms with Crippen LogP contribution in [0.15, 0.2) is 12.5 Å². The minimum Gasteiger partial charge on any atom is -0.332 e. The Morgan fingerprint density at radius 1 is 1.71 bits per heavy atom. The second-order valence-corrected chi connectivity index (χ2v) is 5.40. The predicted molar refractivity (Wildman–Crippen MR) is 60.3 cm³/mol. The summed E-state index contributed by atoms with van der Waals surface area (Å²) in [6.45, 7) is 3.07. The van der Waals surface area contributed by atoms with Gasteiger partial charge in [-0.15, -0.1) is 0 Å². The maximum atomic E-state index is 5.87. The van der Waals surface area contributed by atoms with E-state index in [0.717, 1.165) is 12.2 Å². The van der Waals surface area contributed by atoms with Crippen molar-refractivity contribution in [2.24, 2.45) is 5.73 Å². The lowest BCUT2D eigenvalue weighted by Crippen LogP contribution is -2.18. The Bertz CT molecular complexity index is 315. The molecule has 0 saturated heterocycles. The van der Waals surface area contributed by atoms with Gasteiger partial charge in [-0.2, -0.15) is 11.8 Å². The highest BCUT2D eigenvalue weighted by Crippen LogP contribution is 2.48. The van der Waals surface area contributed by atoms with Gasteiger partial charge in [-0.05, 0) is 26.0 Å². The molecule has 1 aromatic rings. The van der Waals surface area contributed by atoms with E-state index in [1.54, 1.807) is 0 Å². The van der Waals surface area contributed by atoms with Crippen molar-refractivity contribution >= 4 is 11.8 Å². The minimum atomic E-state index is 0.0788. The van der Waals surface area contributed by atoms with Gasteiger partial charge in [-0.25, -0.2) is 4.98 Å². The molecule has 4 heteroatoms. The number of hydrogen-bond donors (Lipinski definition) is 1. The molecule has 0 aliphatic heterocycles. The second kappa shape index (κ2) is 3.59. The fourth-order valence-corrected chi connectivity index (χ4v) is 2.50. The molecule has 1 aliphatic rings. The van der Waals surface area contributed by atoms with Crippen LogP contribution in [0.2, 0.25) is 0 Å². The molecule has 0 unspecified atom stereocenters. The number of thioether (sulfide) groups is 1. The molecule has 2 N–H and O–H groups in total. The van der Waals surface area contributed by atoms with Gasteiger partial charge in [-0.3, -0.25) is 0 Å². The summed E-state index contributed by atoms with van der Waals surface area (Å²) in [6, 6.07) is 0.0788. The Morgan fingerprint density at radius 2 is 2.43 bits per heavy atom. The smallest absolute Gasteiger partial charge is 0.0949 e. The summed E-state index contributed by atoms with van der Waals surface area (Å²) in [5.74, 6) is 0. The third-order valence-corrected chi connectivity index (χ3v) is 4.31. The Morgan fingerprint density at radius 3 is 2.93 bits per heavy atom. The molecule has 1 fully saturated rings. The Labute approximate surface area is 89.1 Å². The Kier molecular flexibility index (Phi) is 2.58. The van der Waals surface area contributed by atoms with Crippen LogP contribution in [0.4, 0.5) is 0 Å². The van der Waals surface area contributed by atoms with Crippen LogP contribution in [0.3, 0.4) is 0 Å². The van der Waals surface area contributed by atoms with E-state index in [-0.39, 0.29) is 6.04 Å². The standard InChI is InChI=1S/C10H17N3S/c1-8(11)9-5-12-7-13(9)6-10(14-2)3-4-10/h5,7-8H,3-4,6,11H2,1-2H3/t8-/m1/s1. The molecule has 1 aromatic heterocycles. The molecule has 0 radical (unpaired) electrons. The van der Waals surface area contributed by atoms with Gasteiger partial charge in [0, 0.05) is 23.5 Å². The molecule has 1 saturated carbocycles. The predicted octanol–water partition coefficient (Wildman–Crippen LogP) is 1.80. The zero-order valence-electron chi connectivity index (χ0n) is 8.73. The number of hydrogen-bond acceptors (Lipinski definition) is 3. The summed E-state index contributed by atoms with van der Waals surface area (Å²) < 4.78 is 2.68. The molecule has 3 nitrogen and oxygen atoms in total. The third kappa shape index (κ3) is 1.81. The summed E-state index contributed by atoms with van der Waals surface area (Å²) in [5.41, 5.74) is 7.02. The topological polar surface area (TPSA) is 43.8 Å². The van der Waals surface area contributed by atoms with E-state index in [1.165, 1.54) is 12.8 Å². The number of rotatable bonds is 4. The molecule has 1 aliphatic carbocycles. The average Bonchev–Trinajstić information content (AvgIpc) is 2.76. The first-order valence-corrected chi connectivity index (χ1v) is 6.20. The van der Waals surface area contributed by atoms with Crippen LogP contribution in [0.5, 0.6) is 0 Å². The van der Waals surface area contributed by atoms with Crippen molar-refractivity contribution in [3.63, 3.8) is 0 Å². The van der Waals surface area contributed by atoms with E-state index in [4.69, 9.17) is 5.73 Å². The van der Waals surface area contributed by atoms with Gasteiger partial charge < -0.3 is 10.3 Å². The van der Waals surface area contributed by atoms with Gasteiger partial charge in [0.2, 0.25) is 0 Å². The van der Waals surface area contributed by atoms with E-state index >= 15 is 0 Å². The first-order valence-electron chi connectivity index (χ1n) is 4.98. The van der Waals surface area contributed by atoms with Crippen molar-refractivity contribution in [3.05, 3.63) is 18.2 Å². The summed E-state index contributed by atoms with van der Waals surface area (Å²) in [4.78, 5) is 4.16. The maximum Gasteiger partial charge on any atom is 0.0949 e. The lowest BCUT2D eigenvalue weighted by Gasteiger charge is -2.16. The molecule has 14 heavy (non-hydrogen) atoms. The lowest BCUT2D eigenvalue weighted by atomic mass is 10.2. The number of nitrogens with two attached hydrogens (primary N) is 1. The fourth-order valence-electron chi connectivity index (χ4n) is 1.72. The molecule has 0 spiro atoms. The highest BCUT2D eigenvalue weighted by atomic mass is 32.2. The molecule has 2 rings (SSSR count). The van der Waals surface area contributed by atoms with Crippen molar-refractivity contribution in [1.29, 1.82) is 0 Å². The van der Waals surface area contributed by atoms with Crippen LogP contribution in [0.25, 0.3) is 0 Å². The molecule has 0 aromatic carbocycles. The first kappa shape index (κ1) is 10.1. The monoisotopic (exact) mass is 211 g/mol. The largest absolute Gasteiger partial charge is 0.332 e. The highest BCUT2D eigenvalue weighted by Gasteiger charge is 2.42. The number of nitrogens with zero attached hydrogens (tertiary/aromatic N) is 2. The molecule has 1 heterocycles. The zero-order chi connectivity index (χ0) is 10.2. The maximum absolute atomic E-state index is 5.87. The van der Waals surface area contributed by atoms with Crippen LogP contribution < -0.4 is 5.73 Å². The second-order valence-electron chi connectivity index (χ2n) is 4.12. The lowest BCUT2D eigenvalue weighted by molar-refractivity contribution is 0.602. The molecule has 0 bridgehead atoms. The number of imidazole rings is 1. The van der Waals surface area contributed by atoms with Crippen molar-refractivity contribution in [2.75, 3.05) is 6.26 Å². The van der Waals surface area contributed by atoms with Crippen LogP contribution in [-0.2, 0) is 6.54 Å². The SMILES string of the molecule is CSC1(Cn2cncc2[C@@H](C)N)CC1. The van der Waals surface area contributed by atoms with E-state index in [2.05, 4.69) is 15.8 Å². The first-order chi connectivity index (χ1) is 6.67. The number of aromatic nitrogens is 2. The van der Waals surface area contributed by atoms with Crippen molar-refractivity contribution in [2.45, 2.75) is 37.1 Å². The normalized spacial score (nSPS) is 20.8. The summed E-state index contributed by atoms with van der Waals surface area (Å²) in [7, 11) is 0. The van der Waals surface area contributed by atoms with Gasteiger partial charge in [0.25, 0.3) is 0 Å². The Balaban J connectivity index is 2.12. The van der Waals surface area contributed by atoms with Gasteiger partial charge in [0.15, 0.2) is 0 Å². The molecular formula is C10H17N3S. The molecule has 78 valence electrons. The Hall–Kier alpha value is -0.480. The summed E-state index contributed by atoms with van der Waals surface area (Å²) in [5, 5.41) is 0. The third-order valence-electron chi connectivity index (χ3n) is 2.91. The average molecular weight is 211 g/mol. The van der Waals surface area contributed by atoms with E-state index in [0.29, 0.717) is 4.75 Å². The van der Waals surface area contributed by atoms with E-state index < -0.39 is 0 Å². The zero-order valence-corrected chi connectivity index (χ0v) is 9.55. The van der Waals surface area contributed by atoms with Crippen LogP contribution in [-0.4, -0.2) is 20.6 Å². The van der Waals surface area contributed by atoms with Crippen molar-refractivity contribution < 1.29 is 0 Å².